The van der Waals surface area contributed by atoms with E-state index in [2.05, 4.69) is 0 Å². The molecule has 1 aromatic carbocycles. The van der Waals surface area contributed by atoms with E-state index >= 15 is 0 Å². The third-order valence-electron chi connectivity index (χ3n) is 3.35. The first kappa shape index (κ1) is 17.8. The van der Waals surface area contributed by atoms with Crippen LogP contribution in [0.3, 0.4) is 0 Å². The van der Waals surface area contributed by atoms with Crippen molar-refractivity contribution in [3.05, 3.63) is 56.7 Å². The summed E-state index contributed by atoms with van der Waals surface area (Å²) < 4.78 is 38.2. The summed E-state index contributed by atoms with van der Waals surface area (Å²) in [5.41, 5.74) is -0.153. The van der Waals surface area contributed by atoms with E-state index in [0.29, 0.717) is 23.0 Å². The highest BCUT2D eigenvalue weighted by Crippen LogP contribution is 2.29. The van der Waals surface area contributed by atoms with E-state index in [9.17, 15) is 18.0 Å². The van der Waals surface area contributed by atoms with Crippen LogP contribution in [0, 0.1) is 0 Å². The van der Waals surface area contributed by atoms with Crippen LogP contribution < -0.4 is 0 Å². The number of halogens is 4. The molecule has 0 radical (unpaired) electrons. The fraction of sp³-hybridized carbons (Fsp3) is 0.312. The molecule has 2 rings (SSSR count). The Morgan fingerprint density at radius 2 is 1.83 bits per heavy atom. The summed E-state index contributed by atoms with van der Waals surface area (Å²) in [4.78, 5) is 14.9. The van der Waals surface area contributed by atoms with Crippen molar-refractivity contribution >= 4 is 28.8 Å². The summed E-state index contributed by atoms with van der Waals surface area (Å²) in [5.74, 6) is -0.128. The number of likely N-dealkylation sites (N-methyl/N-ethyl adjacent to an activating group) is 1. The molecular weight excluding hydrogens is 347 g/mol. The zero-order chi connectivity index (χ0) is 17.0. The Morgan fingerprint density at radius 3 is 2.30 bits per heavy atom. The van der Waals surface area contributed by atoms with Crippen LogP contribution in [0.1, 0.15) is 22.9 Å². The van der Waals surface area contributed by atoms with Gasteiger partial charge in [-0.25, -0.2) is 0 Å². The molecule has 0 atom stereocenters. The van der Waals surface area contributed by atoms with Gasteiger partial charge in [-0.3, -0.25) is 4.79 Å². The van der Waals surface area contributed by atoms with E-state index in [1.807, 2.05) is 13.0 Å². The van der Waals surface area contributed by atoms with Crippen LogP contribution in [0.25, 0.3) is 0 Å². The Labute approximate surface area is 141 Å². The zero-order valence-electron chi connectivity index (χ0n) is 12.4. The van der Waals surface area contributed by atoms with E-state index < -0.39 is 11.7 Å². The molecule has 0 saturated carbocycles. The van der Waals surface area contributed by atoms with Crippen molar-refractivity contribution in [2.45, 2.75) is 26.1 Å². The number of amides is 1. The highest BCUT2D eigenvalue weighted by molar-refractivity contribution is 7.16. The quantitative estimate of drug-likeness (QED) is 0.733. The molecule has 0 fully saturated rings. The maximum Gasteiger partial charge on any atom is 0.416 e. The summed E-state index contributed by atoms with van der Waals surface area (Å²) in [6, 6.07) is 8.32. The maximum absolute atomic E-state index is 12.5. The van der Waals surface area contributed by atoms with Crippen LogP contribution in [-0.2, 0) is 23.9 Å². The van der Waals surface area contributed by atoms with Gasteiger partial charge in [-0.1, -0.05) is 23.7 Å². The lowest BCUT2D eigenvalue weighted by Gasteiger charge is -2.20. The molecule has 0 unspecified atom stereocenters. The summed E-state index contributed by atoms with van der Waals surface area (Å²) in [6.45, 7) is 2.84. The van der Waals surface area contributed by atoms with Gasteiger partial charge in [0, 0.05) is 11.4 Å². The number of hydrogen-bond acceptors (Lipinski definition) is 2. The summed E-state index contributed by atoms with van der Waals surface area (Å²) in [7, 11) is 0. The molecule has 1 heterocycles. The van der Waals surface area contributed by atoms with Crippen LogP contribution >= 0.6 is 22.9 Å². The van der Waals surface area contributed by atoms with Crippen molar-refractivity contribution in [3.63, 3.8) is 0 Å². The Kier molecular flexibility index (Phi) is 5.70. The molecule has 2 aromatic rings. The minimum atomic E-state index is -4.36. The third-order valence-corrected chi connectivity index (χ3v) is 4.56. The topological polar surface area (TPSA) is 20.3 Å². The van der Waals surface area contributed by atoms with Crippen LogP contribution in [0.15, 0.2) is 36.4 Å². The average Bonchev–Trinajstić information content (AvgIpc) is 2.89. The minimum Gasteiger partial charge on any atom is -0.338 e. The highest BCUT2D eigenvalue weighted by atomic mass is 35.5. The molecule has 0 saturated heterocycles. The molecule has 23 heavy (non-hydrogen) atoms. The Hall–Kier alpha value is -1.53. The molecule has 0 N–H and O–H groups in total. The lowest BCUT2D eigenvalue weighted by atomic mass is 10.1. The number of hydrogen-bond donors (Lipinski definition) is 0. The molecule has 7 heteroatoms. The first-order valence-electron chi connectivity index (χ1n) is 6.97. The van der Waals surface area contributed by atoms with Gasteiger partial charge in [0.15, 0.2) is 0 Å². The largest absolute Gasteiger partial charge is 0.416 e. The van der Waals surface area contributed by atoms with Gasteiger partial charge in [-0.15, -0.1) is 11.3 Å². The molecular formula is C16H15ClF3NOS. The second-order valence-electron chi connectivity index (χ2n) is 4.99. The molecule has 2 nitrogen and oxygen atoms in total. The van der Waals surface area contributed by atoms with Gasteiger partial charge in [-0.2, -0.15) is 13.2 Å². The first-order chi connectivity index (χ1) is 10.8. The van der Waals surface area contributed by atoms with Crippen LogP contribution in [-0.4, -0.2) is 17.4 Å². The molecule has 0 aliphatic carbocycles. The molecule has 124 valence electrons. The summed E-state index contributed by atoms with van der Waals surface area (Å²) in [5, 5.41) is 0. The van der Waals surface area contributed by atoms with Crippen molar-refractivity contribution < 1.29 is 18.0 Å². The predicted molar refractivity (Wildman–Crippen MR) is 85.6 cm³/mol. The van der Waals surface area contributed by atoms with Gasteiger partial charge in [0.1, 0.15) is 0 Å². The number of nitrogens with zero attached hydrogens (tertiary/aromatic N) is 1. The molecule has 1 aromatic heterocycles. The number of alkyl halides is 3. The van der Waals surface area contributed by atoms with Crippen molar-refractivity contribution in [3.8, 4) is 0 Å². The lowest BCUT2D eigenvalue weighted by Crippen LogP contribution is -2.31. The van der Waals surface area contributed by atoms with Gasteiger partial charge in [-0.05, 0) is 36.8 Å². The predicted octanol–water partition coefficient (Wildman–Crippen LogP) is 5.01. The number of carbonyl (C=O) groups excluding carboxylic acids is 1. The summed E-state index contributed by atoms with van der Waals surface area (Å²) >= 11 is 7.28. The first-order valence-corrected chi connectivity index (χ1v) is 8.17. The third kappa shape index (κ3) is 4.97. The van der Waals surface area contributed by atoms with Gasteiger partial charge in [0.25, 0.3) is 0 Å². The van der Waals surface area contributed by atoms with Gasteiger partial charge >= 0.3 is 6.18 Å². The molecule has 1 amide bonds. The Balaban J connectivity index is 2.01. The van der Waals surface area contributed by atoms with E-state index in [-0.39, 0.29) is 12.3 Å². The number of carbonyl (C=O) groups is 1. The van der Waals surface area contributed by atoms with Crippen LogP contribution in [0.5, 0.6) is 0 Å². The van der Waals surface area contributed by atoms with Gasteiger partial charge in [0.05, 0.1) is 22.9 Å². The fourth-order valence-corrected chi connectivity index (χ4v) is 3.20. The Morgan fingerprint density at radius 1 is 1.17 bits per heavy atom. The zero-order valence-corrected chi connectivity index (χ0v) is 13.9. The van der Waals surface area contributed by atoms with Gasteiger partial charge in [0.2, 0.25) is 5.91 Å². The number of rotatable bonds is 5. The van der Waals surface area contributed by atoms with Gasteiger partial charge < -0.3 is 4.90 Å². The van der Waals surface area contributed by atoms with Crippen molar-refractivity contribution in [1.29, 1.82) is 0 Å². The average molecular weight is 362 g/mol. The van der Waals surface area contributed by atoms with E-state index in [1.165, 1.54) is 23.5 Å². The minimum absolute atomic E-state index is 0.0745. The molecule has 0 spiro atoms. The summed E-state index contributed by atoms with van der Waals surface area (Å²) in [6.07, 6.45) is -4.29. The van der Waals surface area contributed by atoms with E-state index in [1.54, 1.807) is 11.0 Å². The molecule has 0 aliphatic rings. The van der Waals surface area contributed by atoms with Crippen LogP contribution in [0.4, 0.5) is 13.2 Å². The Bertz CT molecular complexity index is 667. The van der Waals surface area contributed by atoms with Crippen molar-refractivity contribution in [2.24, 2.45) is 0 Å². The fourth-order valence-electron chi connectivity index (χ4n) is 2.10. The smallest absolute Gasteiger partial charge is 0.338 e. The lowest BCUT2D eigenvalue weighted by molar-refractivity contribution is -0.137. The van der Waals surface area contributed by atoms with Crippen molar-refractivity contribution in [2.75, 3.05) is 6.54 Å². The SMILES string of the molecule is CCN(Cc1ccc(Cl)s1)C(=O)Cc1ccc(C(F)(F)F)cc1. The highest BCUT2D eigenvalue weighted by Gasteiger charge is 2.30. The van der Waals surface area contributed by atoms with Crippen LogP contribution in [0.2, 0.25) is 4.34 Å². The van der Waals surface area contributed by atoms with E-state index in [0.717, 1.165) is 17.0 Å². The molecule has 0 aliphatic heterocycles. The standard InChI is InChI=1S/C16H15ClF3NOS/c1-2-21(10-13-7-8-14(17)23-13)15(22)9-11-3-5-12(6-4-11)16(18,19)20/h3-8H,2,9-10H2,1H3. The second kappa shape index (κ2) is 7.36. The normalized spacial score (nSPS) is 11.5. The van der Waals surface area contributed by atoms with E-state index in [4.69, 9.17) is 11.6 Å². The molecule has 0 bridgehead atoms. The maximum atomic E-state index is 12.5. The monoisotopic (exact) mass is 361 g/mol. The number of thiophene rings is 1. The van der Waals surface area contributed by atoms with Crippen molar-refractivity contribution in [1.82, 2.24) is 4.90 Å². The second-order valence-corrected chi connectivity index (χ2v) is 6.78. The number of benzene rings is 1.